The Bertz CT molecular complexity index is 278. The Labute approximate surface area is 102 Å². The van der Waals surface area contributed by atoms with Crippen LogP contribution < -0.4 is 5.32 Å². The summed E-state index contributed by atoms with van der Waals surface area (Å²) < 4.78 is 0. The first kappa shape index (κ1) is 11.5. The number of nitrogens with zero attached hydrogens (tertiary/aromatic N) is 1. The molecule has 0 aromatic heterocycles. The van der Waals surface area contributed by atoms with Crippen molar-refractivity contribution in [2.75, 3.05) is 19.6 Å². The van der Waals surface area contributed by atoms with Gasteiger partial charge in [0.15, 0.2) is 0 Å². The SMILES string of the molecule is O=C(O)C1CC(NC2CC2)CN(CC2CC2)C1. The zero-order chi connectivity index (χ0) is 11.8. The molecule has 2 atom stereocenters. The quantitative estimate of drug-likeness (QED) is 0.748. The van der Waals surface area contributed by atoms with E-state index in [1.165, 1.54) is 25.7 Å². The molecule has 0 bridgehead atoms. The lowest BCUT2D eigenvalue weighted by Gasteiger charge is -2.36. The van der Waals surface area contributed by atoms with Crippen LogP contribution in [0.1, 0.15) is 32.1 Å². The van der Waals surface area contributed by atoms with Crippen LogP contribution in [-0.2, 0) is 4.79 Å². The molecule has 2 unspecified atom stereocenters. The van der Waals surface area contributed by atoms with E-state index >= 15 is 0 Å². The highest BCUT2D eigenvalue weighted by Crippen LogP contribution is 2.31. The molecule has 1 heterocycles. The number of carbonyl (C=O) groups is 1. The molecule has 17 heavy (non-hydrogen) atoms. The van der Waals surface area contributed by atoms with Gasteiger partial charge in [0.25, 0.3) is 0 Å². The molecule has 3 aliphatic rings. The van der Waals surface area contributed by atoms with E-state index < -0.39 is 5.97 Å². The van der Waals surface area contributed by atoms with Gasteiger partial charge < -0.3 is 15.3 Å². The summed E-state index contributed by atoms with van der Waals surface area (Å²) in [5.41, 5.74) is 0. The van der Waals surface area contributed by atoms with Crippen molar-refractivity contribution in [1.82, 2.24) is 10.2 Å². The monoisotopic (exact) mass is 238 g/mol. The molecule has 4 nitrogen and oxygen atoms in total. The number of hydrogen-bond acceptors (Lipinski definition) is 3. The Balaban J connectivity index is 1.57. The summed E-state index contributed by atoms with van der Waals surface area (Å²) >= 11 is 0. The molecule has 0 aromatic carbocycles. The van der Waals surface area contributed by atoms with E-state index in [-0.39, 0.29) is 5.92 Å². The summed E-state index contributed by atoms with van der Waals surface area (Å²) in [6.45, 7) is 2.93. The first-order valence-corrected chi connectivity index (χ1v) is 6.92. The van der Waals surface area contributed by atoms with Crippen LogP contribution in [0.2, 0.25) is 0 Å². The van der Waals surface area contributed by atoms with Crippen LogP contribution in [0.25, 0.3) is 0 Å². The molecule has 0 aromatic rings. The fourth-order valence-electron chi connectivity index (χ4n) is 2.89. The van der Waals surface area contributed by atoms with E-state index in [0.29, 0.717) is 12.1 Å². The fraction of sp³-hybridized carbons (Fsp3) is 0.923. The van der Waals surface area contributed by atoms with Crippen molar-refractivity contribution in [1.29, 1.82) is 0 Å². The predicted octanol–water partition coefficient (Wildman–Crippen LogP) is 0.923. The van der Waals surface area contributed by atoms with Crippen LogP contribution in [-0.4, -0.2) is 47.7 Å². The second-order valence-corrected chi connectivity index (χ2v) is 6.07. The lowest BCUT2D eigenvalue weighted by molar-refractivity contribution is -0.144. The van der Waals surface area contributed by atoms with E-state index in [1.54, 1.807) is 0 Å². The number of nitrogens with one attached hydrogen (secondary N) is 1. The lowest BCUT2D eigenvalue weighted by atomic mass is 9.94. The van der Waals surface area contributed by atoms with Crippen molar-refractivity contribution >= 4 is 5.97 Å². The molecule has 3 fully saturated rings. The highest BCUT2D eigenvalue weighted by atomic mass is 16.4. The van der Waals surface area contributed by atoms with Crippen molar-refractivity contribution in [3.05, 3.63) is 0 Å². The smallest absolute Gasteiger partial charge is 0.307 e. The average molecular weight is 238 g/mol. The minimum atomic E-state index is -0.618. The molecular weight excluding hydrogens is 216 g/mol. The number of hydrogen-bond donors (Lipinski definition) is 2. The molecule has 1 aliphatic heterocycles. The summed E-state index contributed by atoms with van der Waals surface area (Å²) in [5, 5.41) is 12.8. The third kappa shape index (κ3) is 3.19. The van der Waals surface area contributed by atoms with E-state index in [2.05, 4.69) is 10.2 Å². The van der Waals surface area contributed by atoms with Crippen molar-refractivity contribution in [3.63, 3.8) is 0 Å². The van der Waals surface area contributed by atoms with E-state index in [1.807, 2.05) is 0 Å². The van der Waals surface area contributed by atoms with Gasteiger partial charge in [-0.2, -0.15) is 0 Å². The molecular formula is C13H22N2O2. The van der Waals surface area contributed by atoms with Gasteiger partial charge in [0, 0.05) is 31.7 Å². The van der Waals surface area contributed by atoms with Gasteiger partial charge in [0.2, 0.25) is 0 Å². The lowest BCUT2D eigenvalue weighted by Crippen LogP contribution is -2.51. The molecule has 0 amide bonds. The van der Waals surface area contributed by atoms with Crippen LogP contribution in [0.5, 0.6) is 0 Å². The maximum Gasteiger partial charge on any atom is 0.307 e. The number of likely N-dealkylation sites (tertiary alicyclic amines) is 1. The van der Waals surface area contributed by atoms with Gasteiger partial charge >= 0.3 is 5.97 Å². The van der Waals surface area contributed by atoms with Gasteiger partial charge in [-0.15, -0.1) is 0 Å². The van der Waals surface area contributed by atoms with E-state index in [9.17, 15) is 9.90 Å². The van der Waals surface area contributed by atoms with Gasteiger partial charge in [-0.1, -0.05) is 0 Å². The third-order valence-electron chi connectivity index (χ3n) is 4.14. The third-order valence-corrected chi connectivity index (χ3v) is 4.14. The predicted molar refractivity (Wildman–Crippen MR) is 64.9 cm³/mol. The van der Waals surface area contributed by atoms with Gasteiger partial charge in [0.05, 0.1) is 5.92 Å². The van der Waals surface area contributed by atoms with Gasteiger partial charge in [-0.3, -0.25) is 4.79 Å². The minimum Gasteiger partial charge on any atom is -0.481 e. The first-order chi connectivity index (χ1) is 8.20. The largest absolute Gasteiger partial charge is 0.481 e. The standard InChI is InChI=1S/C13H22N2O2/c16-13(17)10-5-12(14-11-3-4-11)8-15(7-10)6-9-1-2-9/h9-12,14H,1-8H2,(H,16,17). The van der Waals surface area contributed by atoms with E-state index in [4.69, 9.17) is 0 Å². The molecule has 1 saturated heterocycles. The van der Waals surface area contributed by atoms with Gasteiger partial charge in [0.1, 0.15) is 0 Å². The van der Waals surface area contributed by atoms with Gasteiger partial charge in [-0.25, -0.2) is 0 Å². The van der Waals surface area contributed by atoms with Crippen molar-refractivity contribution in [2.24, 2.45) is 11.8 Å². The molecule has 4 heteroatoms. The summed E-state index contributed by atoms with van der Waals surface area (Å²) in [7, 11) is 0. The summed E-state index contributed by atoms with van der Waals surface area (Å²) in [6, 6.07) is 1.08. The zero-order valence-corrected chi connectivity index (χ0v) is 10.3. The fourth-order valence-corrected chi connectivity index (χ4v) is 2.89. The average Bonchev–Trinajstić information content (AvgIpc) is 3.13. The molecule has 2 saturated carbocycles. The Morgan fingerprint density at radius 2 is 1.94 bits per heavy atom. The number of carboxylic acid groups (broad SMARTS) is 1. The Morgan fingerprint density at radius 3 is 2.53 bits per heavy atom. The van der Waals surface area contributed by atoms with Crippen molar-refractivity contribution in [2.45, 2.75) is 44.2 Å². The number of piperidine rings is 1. The number of aliphatic carboxylic acids is 1. The maximum atomic E-state index is 11.2. The second kappa shape index (κ2) is 4.58. The molecule has 2 aliphatic carbocycles. The number of rotatable bonds is 5. The number of carboxylic acids is 1. The van der Waals surface area contributed by atoms with Crippen molar-refractivity contribution in [3.8, 4) is 0 Å². The molecule has 0 spiro atoms. The first-order valence-electron chi connectivity index (χ1n) is 6.92. The summed E-state index contributed by atoms with van der Waals surface area (Å²) in [6.07, 6.45) is 6.05. The molecule has 3 rings (SSSR count). The van der Waals surface area contributed by atoms with Crippen LogP contribution in [0, 0.1) is 11.8 Å². The van der Waals surface area contributed by atoms with Crippen LogP contribution in [0.15, 0.2) is 0 Å². The normalized spacial score (nSPS) is 34.8. The van der Waals surface area contributed by atoms with Gasteiger partial charge in [-0.05, 0) is 38.0 Å². The van der Waals surface area contributed by atoms with Crippen LogP contribution >= 0.6 is 0 Å². The molecule has 96 valence electrons. The van der Waals surface area contributed by atoms with E-state index in [0.717, 1.165) is 32.0 Å². The highest BCUT2D eigenvalue weighted by Gasteiger charge is 2.36. The summed E-state index contributed by atoms with van der Waals surface area (Å²) in [4.78, 5) is 13.6. The van der Waals surface area contributed by atoms with Crippen molar-refractivity contribution < 1.29 is 9.90 Å². The Hall–Kier alpha value is -0.610. The summed E-state index contributed by atoms with van der Waals surface area (Å²) in [5.74, 6) is 0.0657. The minimum absolute atomic E-state index is 0.168. The van der Waals surface area contributed by atoms with Crippen LogP contribution in [0.3, 0.4) is 0 Å². The molecule has 2 N–H and O–H groups in total. The van der Waals surface area contributed by atoms with Crippen LogP contribution in [0.4, 0.5) is 0 Å². The second-order valence-electron chi connectivity index (χ2n) is 6.07. The maximum absolute atomic E-state index is 11.2. The molecule has 0 radical (unpaired) electrons. The zero-order valence-electron chi connectivity index (χ0n) is 10.3. The topological polar surface area (TPSA) is 52.6 Å². The Morgan fingerprint density at radius 1 is 1.18 bits per heavy atom. The Kier molecular flexibility index (Phi) is 3.09. The highest BCUT2D eigenvalue weighted by molar-refractivity contribution is 5.70.